The summed E-state index contributed by atoms with van der Waals surface area (Å²) in [5.41, 5.74) is 3.27. The molecule has 1 aromatic carbocycles. The van der Waals surface area contributed by atoms with Crippen molar-refractivity contribution in [3.63, 3.8) is 0 Å². The maximum Gasteiger partial charge on any atom is 0.258 e. The summed E-state index contributed by atoms with van der Waals surface area (Å²) in [5, 5.41) is 4.13. The Bertz CT molecular complexity index is 1100. The lowest BCUT2D eigenvalue weighted by atomic mass is 10.2. The topological polar surface area (TPSA) is 52.9 Å². The number of carbonyl (C=O) groups excluding carboxylic acids is 1. The summed E-state index contributed by atoms with van der Waals surface area (Å²) >= 11 is 1.51. The van der Waals surface area contributed by atoms with Crippen molar-refractivity contribution in [2.24, 2.45) is 0 Å². The van der Waals surface area contributed by atoms with Crippen LogP contribution in [0.4, 0.5) is 0 Å². The molecule has 1 saturated heterocycles. The second kappa shape index (κ2) is 9.90. The number of aromatic nitrogens is 2. The maximum atomic E-state index is 12.7. The predicted octanol–water partition coefficient (Wildman–Crippen LogP) is 3.50. The summed E-state index contributed by atoms with van der Waals surface area (Å²) in [5.74, 6) is 0.00831. The second-order valence-corrected chi connectivity index (χ2v) is 9.48. The van der Waals surface area contributed by atoms with Crippen LogP contribution in [0.15, 0.2) is 64.7 Å². The number of carbonyl (C=O) groups is 1. The largest absolute Gasteiger partial charge is 0.352 e. The summed E-state index contributed by atoms with van der Waals surface area (Å²) in [4.78, 5) is 22.9. The fourth-order valence-corrected chi connectivity index (χ4v) is 5.37. The second-order valence-electron chi connectivity index (χ2n) is 8.42. The number of amides is 1. The Hall–Kier alpha value is -2.61. The van der Waals surface area contributed by atoms with Crippen LogP contribution in [0.5, 0.6) is 0 Å². The first-order valence-electron chi connectivity index (χ1n) is 11.4. The van der Waals surface area contributed by atoms with E-state index >= 15 is 0 Å². The van der Waals surface area contributed by atoms with E-state index in [1.165, 1.54) is 17.3 Å². The highest BCUT2D eigenvalue weighted by atomic mass is 32.2. The van der Waals surface area contributed by atoms with Gasteiger partial charge in [0.25, 0.3) is 5.91 Å². The Kier molecular flexibility index (Phi) is 6.57. The molecule has 1 fully saturated rings. The number of unbranched alkanes of at least 4 members (excludes halogenated alkanes) is 1. The number of pyridine rings is 1. The van der Waals surface area contributed by atoms with Gasteiger partial charge in [-0.05, 0) is 43.2 Å². The molecule has 2 aliphatic heterocycles. The van der Waals surface area contributed by atoms with Crippen molar-refractivity contribution in [2.75, 3.05) is 39.3 Å². The first-order chi connectivity index (χ1) is 15.8. The molecule has 3 aromatic rings. The van der Waals surface area contributed by atoms with Gasteiger partial charge in [-0.15, -0.1) is 0 Å². The number of rotatable bonds is 8. The molecule has 1 N–H and O–H groups in total. The van der Waals surface area contributed by atoms with Gasteiger partial charge in [-0.1, -0.05) is 48.2 Å². The number of benzene rings is 1. The quantitative estimate of drug-likeness (QED) is 0.536. The Morgan fingerprint density at radius 2 is 1.78 bits per heavy atom. The lowest BCUT2D eigenvalue weighted by Crippen LogP contribution is -2.46. The van der Waals surface area contributed by atoms with Crippen LogP contribution in [-0.4, -0.2) is 64.4 Å². The zero-order chi connectivity index (χ0) is 21.8. The third kappa shape index (κ3) is 4.90. The molecule has 2 aliphatic rings. The molecule has 2 aromatic heterocycles. The fraction of sp³-hybridized carbons (Fsp3) is 0.360. The van der Waals surface area contributed by atoms with Crippen molar-refractivity contribution in [3.8, 4) is 0 Å². The van der Waals surface area contributed by atoms with Crippen molar-refractivity contribution in [3.05, 3.63) is 70.9 Å². The normalized spacial score (nSPS) is 16.8. The summed E-state index contributed by atoms with van der Waals surface area (Å²) in [6, 6.07) is 16.7. The van der Waals surface area contributed by atoms with Gasteiger partial charge < -0.3 is 10.2 Å². The highest BCUT2D eigenvalue weighted by Gasteiger charge is 2.20. The lowest BCUT2D eigenvalue weighted by molar-refractivity contribution is -0.116. The van der Waals surface area contributed by atoms with E-state index in [1.807, 2.05) is 30.5 Å². The van der Waals surface area contributed by atoms with E-state index in [9.17, 15) is 4.79 Å². The zero-order valence-electron chi connectivity index (χ0n) is 18.2. The molecule has 0 saturated carbocycles. The fourth-order valence-electron chi connectivity index (χ4n) is 4.36. The van der Waals surface area contributed by atoms with Gasteiger partial charge in [0, 0.05) is 39.3 Å². The molecule has 32 heavy (non-hydrogen) atoms. The van der Waals surface area contributed by atoms with Crippen molar-refractivity contribution >= 4 is 29.4 Å². The molecule has 5 rings (SSSR count). The highest BCUT2D eigenvalue weighted by molar-refractivity contribution is 8.04. The number of hydrogen-bond donors (Lipinski definition) is 1. The molecule has 0 spiro atoms. The van der Waals surface area contributed by atoms with Crippen molar-refractivity contribution < 1.29 is 4.79 Å². The van der Waals surface area contributed by atoms with Gasteiger partial charge in [0.05, 0.1) is 21.8 Å². The SMILES string of the molecule is O=C(NCCCCN1CCN(Cc2ccccc2)CC1)C1=Cc2cnc3cccc(n23)S1. The van der Waals surface area contributed by atoms with Gasteiger partial charge in [-0.2, -0.15) is 0 Å². The van der Waals surface area contributed by atoms with Gasteiger partial charge in [0.2, 0.25) is 0 Å². The molecule has 166 valence electrons. The van der Waals surface area contributed by atoms with Gasteiger partial charge in [-0.25, -0.2) is 4.98 Å². The molecular formula is C25H29N5OS. The van der Waals surface area contributed by atoms with E-state index in [0.29, 0.717) is 6.54 Å². The van der Waals surface area contributed by atoms with E-state index in [2.05, 4.69) is 54.8 Å². The van der Waals surface area contributed by atoms with E-state index in [1.54, 1.807) is 0 Å². The number of nitrogens with zero attached hydrogens (tertiary/aromatic N) is 4. The average molecular weight is 448 g/mol. The number of thioether (sulfide) groups is 1. The van der Waals surface area contributed by atoms with E-state index in [-0.39, 0.29) is 5.91 Å². The maximum absolute atomic E-state index is 12.7. The molecule has 1 amide bonds. The van der Waals surface area contributed by atoms with Crippen molar-refractivity contribution in [2.45, 2.75) is 24.4 Å². The first kappa shape index (κ1) is 21.2. The zero-order valence-corrected chi connectivity index (χ0v) is 19.1. The van der Waals surface area contributed by atoms with Crippen molar-refractivity contribution in [1.82, 2.24) is 24.5 Å². The number of nitrogens with one attached hydrogen (secondary N) is 1. The Labute approximate surface area is 193 Å². The molecule has 7 heteroatoms. The van der Waals surface area contributed by atoms with E-state index in [4.69, 9.17) is 0 Å². The smallest absolute Gasteiger partial charge is 0.258 e. The monoisotopic (exact) mass is 447 g/mol. The molecule has 0 bridgehead atoms. The van der Waals surface area contributed by atoms with Crippen LogP contribution in [0.3, 0.4) is 0 Å². The standard InChI is InChI=1S/C25H29N5OS/c31-25(22-17-21-18-27-23-9-6-10-24(32-22)30(21)23)26-11-4-5-12-28-13-15-29(16-14-28)19-20-7-2-1-3-8-20/h1-3,6-10,17-18H,4-5,11-16,19H2,(H,26,31). The number of piperazine rings is 1. The molecular weight excluding hydrogens is 418 g/mol. The Balaban J connectivity index is 1.00. The van der Waals surface area contributed by atoms with Crippen LogP contribution in [-0.2, 0) is 11.3 Å². The summed E-state index contributed by atoms with van der Waals surface area (Å²) < 4.78 is 2.08. The first-order valence-corrected chi connectivity index (χ1v) is 12.2. The summed E-state index contributed by atoms with van der Waals surface area (Å²) in [7, 11) is 0. The highest BCUT2D eigenvalue weighted by Crippen LogP contribution is 2.34. The van der Waals surface area contributed by atoms with Gasteiger partial charge in [-0.3, -0.25) is 14.1 Å². The molecule has 0 aliphatic carbocycles. The molecule has 6 nitrogen and oxygen atoms in total. The molecule has 4 heterocycles. The summed E-state index contributed by atoms with van der Waals surface area (Å²) in [6.45, 7) is 7.37. The molecule has 0 unspecified atom stereocenters. The predicted molar refractivity (Wildman–Crippen MR) is 129 cm³/mol. The third-order valence-corrected chi connectivity index (χ3v) is 7.19. The molecule has 0 radical (unpaired) electrons. The molecule has 0 atom stereocenters. The van der Waals surface area contributed by atoms with Crippen LogP contribution in [0.25, 0.3) is 11.7 Å². The van der Waals surface area contributed by atoms with Gasteiger partial charge in [0.1, 0.15) is 5.65 Å². The van der Waals surface area contributed by atoms with Crippen LogP contribution < -0.4 is 5.32 Å². The minimum Gasteiger partial charge on any atom is -0.352 e. The Morgan fingerprint density at radius 1 is 0.969 bits per heavy atom. The van der Waals surface area contributed by atoms with Crippen molar-refractivity contribution in [1.29, 1.82) is 0 Å². The summed E-state index contributed by atoms with van der Waals surface area (Å²) in [6.07, 6.45) is 5.87. The van der Waals surface area contributed by atoms with Crippen LogP contribution in [0.2, 0.25) is 0 Å². The lowest BCUT2D eigenvalue weighted by Gasteiger charge is -2.34. The minimum absolute atomic E-state index is 0.00831. The van der Waals surface area contributed by atoms with E-state index < -0.39 is 0 Å². The van der Waals surface area contributed by atoms with Gasteiger partial charge >= 0.3 is 0 Å². The average Bonchev–Trinajstić information content (AvgIpc) is 3.25. The van der Waals surface area contributed by atoms with Gasteiger partial charge in [0.15, 0.2) is 0 Å². The Morgan fingerprint density at radius 3 is 2.62 bits per heavy atom. The van der Waals surface area contributed by atoms with Crippen LogP contribution >= 0.6 is 11.8 Å². The van der Waals surface area contributed by atoms with E-state index in [0.717, 1.165) is 73.4 Å². The number of hydrogen-bond acceptors (Lipinski definition) is 5. The van der Waals surface area contributed by atoms with Crippen LogP contribution in [0.1, 0.15) is 24.1 Å². The number of imidazole rings is 1. The minimum atomic E-state index is 0.00831. The van der Waals surface area contributed by atoms with Crippen LogP contribution in [0, 0.1) is 0 Å². The third-order valence-electron chi connectivity index (χ3n) is 6.14.